The molecule has 0 aromatic heterocycles. The molecule has 0 heterocycles. The van der Waals surface area contributed by atoms with Crippen LogP contribution < -0.4 is 4.74 Å². The van der Waals surface area contributed by atoms with E-state index in [0.29, 0.717) is 16.9 Å². The maximum Gasteiger partial charge on any atom is 0.197 e. The standard InChI is InChI=1S/C18H13IO2/c1-21-17-10-9-13(19)11-16(17)18(20)15-8-4-6-12-5-2-3-7-14(12)15/h2-11H,1H3. The van der Waals surface area contributed by atoms with Gasteiger partial charge in [-0.15, -0.1) is 0 Å². The number of ether oxygens (including phenoxy) is 1. The topological polar surface area (TPSA) is 26.3 Å². The Morgan fingerprint density at radius 1 is 0.952 bits per heavy atom. The minimum Gasteiger partial charge on any atom is -0.496 e. The second-order valence-corrected chi connectivity index (χ2v) is 5.95. The molecule has 0 saturated heterocycles. The highest BCUT2D eigenvalue weighted by atomic mass is 127. The molecule has 0 N–H and O–H groups in total. The van der Waals surface area contributed by atoms with E-state index in [1.54, 1.807) is 7.11 Å². The highest BCUT2D eigenvalue weighted by Gasteiger charge is 2.17. The van der Waals surface area contributed by atoms with Gasteiger partial charge in [-0.05, 0) is 51.6 Å². The fourth-order valence-corrected chi connectivity index (χ4v) is 2.92. The summed E-state index contributed by atoms with van der Waals surface area (Å²) in [5.41, 5.74) is 1.30. The maximum absolute atomic E-state index is 12.9. The van der Waals surface area contributed by atoms with Crippen molar-refractivity contribution in [2.45, 2.75) is 0 Å². The minimum atomic E-state index is -0.0119. The first-order valence-electron chi connectivity index (χ1n) is 6.56. The number of hydrogen-bond donors (Lipinski definition) is 0. The zero-order chi connectivity index (χ0) is 14.8. The number of carbonyl (C=O) groups is 1. The molecule has 0 unspecified atom stereocenters. The van der Waals surface area contributed by atoms with Crippen LogP contribution in [0.5, 0.6) is 5.75 Å². The number of hydrogen-bond acceptors (Lipinski definition) is 2. The van der Waals surface area contributed by atoms with Crippen LogP contribution in [-0.2, 0) is 0 Å². The molecule has 0 bridgehead atoms. The Hall–Kier alpha value is -1.88. The molecule has 2 nitrogen and oxygen atoms in total. The molecule has 0 amide bonds. The van der Waals surface area contributed by atoms with E-state index in [4.69, 9.17) is 4.74 Å². The van der Waals surface area contributed by atoms with Crippen LogP contribution in [-0.4, -0.2) is 12.9 Å². The molecule has 0 aliphatic carbocycles. The van der Waals surface area contributed by atoms with Crippen LogP contribution in [0.1, 0.15) is 15.9 Å². The molecule has 3 rings (SSSR count). The Kier molecular flexibility index (Phi) is 3.92. The average molecular weight is 388 g/mol. The molecule has 3 aromatic rings. The second kappa shape index (κ2) is 5.85. The molecule has 3 aromatic carbocycles. The average Bonchev–Trinajstić information content (AvgIpc) is 2.53. The SMILES string of the molecule is COc1ccc(I)cc1C(=O)c1cccc2ccccc12. The highest BCUT2D eigenvalue weighted by molar-refractivity contribution is 14.1. The third-order valence-corrected chi connectivity index (χ3v) is 4.11. The summed E-state index contributed by atoms with van der Waals surface area (Å²) in [7, 11) is 1.59. The van der Waals surface area contributed by atoms with E-state index >= 15 is 0 Å². The molecule has 0 aliphatic rings. The van der Waals surface area contributed by atoms with Gasteiger partial charge in [0.2, 0.25) is 0 Å². The maximum atomic E-state index is 12.9. The Balaban J connectivity index is 2.20. The van der Waals surface area contributed by atoms with Gasteiger partial charge in [0.25, 0.3) is 0 Å². The summed E-state index contributed by atoms with van der Waals surface area (Å²) in [5.74, 6) is 0.593. The van der Waals surface area contributed by atoms with Crippen LogP contribution in [0, 0.1) is 3.57 Å². The van der Waals surface area contributed by atoms with Gasteiger partial charge in [0, 0.05) is 9.13 Å². The van der Waals surface area contributed by atoms with Gasteiger partial charge in [-0.25, -0.2) is 0 Å². The lowest BCUT2D eigenvalue weighted by Crippen LogP contribution is -2.05. The van der Waals surface area contributed by atoms with Crippen LogP contribution in [0.4, 0.5) is 0 Å². The van der Waals surface area contributed by atoms with Crippen molar-refractivity contribution in [1.82, 2.24) is 0 Å². The highest BCUT2D eigenvalue weighted by Crippen LogP contribution is 2.27. The van der Waals surface area contributed by atoms with Crippen LogP contribution >= 0.6 is 22.6 Å². The number of rotatable bonds is 3. The minimum absolute atomic E-state index is 0.0119. The Labute approximate surface area is 136 Å². The number of fused-ring (bicyclic) bond motifs is 1. The zero-order valence-corrected chi connectivity index (χ0v) is 13.6. The summed E-state index contributed by atoms with van der Waals surface area (Å²) in [6, 6.07) is 19.3. The van der Waals surface area contributed by atoms with Crippen molar-refractivity contribution >= 4 is 39.1 Å². The Bertz CT molecular complexity index is 819. The van der Waals surface area contributed by atoms with Gasteiger partial charge in [-0.3, -0.25) is 4.79 Å². The van der Waals surface area contributed by atoms with Crippen LogP contribution in [0.3, 0.4) is 0 Å². The number of ketones is 1. The van der Waals surface area contributed by atoms with Gasteiger partial charge < -0.3 is 4.74 Å². The first-order chi connectivity index (χ1) is 10.2. The molecule has 0 atom stereocenters. The summed E-state index contributed by atoms with van der Waals surface area (Å²) < 4.78 is 6.34. The van der Waals surface area contributed by atoms with Gasteiger partial charge in [-0.1, -0.05) is 42.5 Å². The van der Waals surface area contributed by atoms with Crippen molar-refractivity contribution in [2.75, 3.05) is 7.11 Å². The predicted octanol–water partition coefficient (Wildman–Crippen LogP) is 4.68. The quantitative estimate of drug-likeness (QED) is 0.481. The molecule has 0 aliphatic heterocycles. The van der Waals surface area contributed by atoms with Gasteiger partial charge in [0.1, 0.15) is 5.75 Å². The summed E-state index contributed by atoms with van der Waals surface area (Å²) in [6.45, 7) is 0. The van der Waals surface area contributed by atoms with E-state index < -0.39 is 0 Å². The van der Waals surface area contributed by atoms with Crippen molar-refractivity contribution in [3.8, 4) is 5.75 Å². The lowest BCUT2D eigenvalue weighted by atomic mass is 9.97. The lowest BCUT2D eigenvalue weighted by molar-refractivity contribution is 0.103. The third-order valence-electron chi connectivity index (χ3n) is 3.44. The molecule has 0 spiro atoms. The largest absolute Gasteiger partial charge is 0.496 e. The van der Waals surface area contributed by atoms with Gasteiger partial charge in [0.05, 0.1) is 12.7 Å². The van der Waals surface area contributed by atoms with Gasteiger partial charge in [0.15, 0.2) is 5.78 Å². The smallest absolute Gasteiger partial charge is 0.197 e. The molecule has 104 valence electrons. The fourth-order valence-electron chi connectivity index (χ4n) is 2.43. The molecule has 0 fully saturated rings. The first-order valence-corrected chi connectivity index (χ1v) is 7.64. The first kappa shape index (κ1) is 14.1. The lowest BCUT2D eigenvalue weighted by Gasteiger charge is -2.10. The summed E-state index contributed by atoms with van der Waals surface area (Å²) in [5, 5.41) is 2.03. The van der Waals surface area contributed by atoms with Crippen molar-refractivity contribution in [3.63, 3.8) is 0 Å². The summed E-state index contributed by atoms with van der Waals surface area (Å²) in [6.07, 6.45) is 0. The number of methoxy groups -OCH3 is 1. The molecular formula is C18H13IO2. The van der Waals surface area contributed by atoms with Crippen molar-refractivity contribution < 1.29 is 9.53 Å². The van der Waals surface area contributed by atoms with E-state index in [2.05, 4.69) is 22.6 Å². The molecule has 0 saturated carbocycles. The number of benzene rings is 3. The van der Waals surface area contributed by atoms with Crippen LogP contribution in [0.15, 0.2) is 60.7 Å². The normalized spacial score (nSPS) is 10.6. The van der Waals surface area contributed by atoms with Crippen LogP contribution in [0.2, 0.25) is 0 Å². The van der Waals surface area contributed by atoms with E-state index in [0.717, 1.165) is 14.3 Å². The predicted molar refractivity (Wildman–Crippen MR) is 93.1 cm³/mol. The van der Waals surface area contributed by atoms with Gasteiger partial charge >= 0.3 is 0 Å². The van der Waals surface area contributed by atoms with Crippen LogP contribution in [0.25, 0.3) is 10.8 Å². The molecule has 21 heavy (non-hydrogen) atoms. The monoisotopic (exact) mass is 388 g/mol. The molecular weight excluding hydrogens is 375 g/mol. The number of halogens is 1. The van der Waals surface area contributed by atoms with E-state index in [1.807, 2.05) is 60.7 Å². The van der Waals surface area contributed by atoms with E-state index in [1.165, 1.54) is 0 Å². The van der Waals surface area contributed by atoms with Crippen molar-refractivity contribution in [2.24, 2.45) is 0 Å². The molecule has 3 heteroatoms. The van der Waals surface area contributed by atoms with E-state index in [-0.39, 0.29) is 5.78 Å². The third kappa shape index (κ3) is 2.65. The number of carbonyl (C=O) groups excluding carboxylic acids is 1. The fraction of sp³-hybridized carbons (Fsp3) is 0.0556. The summed E-state index contributed by atoms with van der Waals surface area (Å²) >= 11 is 2.20. The van der Waals surface area contributed by atoms with E-state index in [9.17, 15) is 4.79 Å². The Morgan fingerprint density at radius 3 is 2.52 bits per heavy atom. The van der Waals surface area contributed by atoms with Crippen molar-refractivity contribution in [3.05, 3.63) is 75.4 Å². The zero-order valence-electron chi connectivity index (χ0n) is 11.5. The second-order valence-electron chi connectivity index (χ2n) is 4.70. The Morgan fingerprint density at radius 2 is 1.71 bits per heavy atom. The van der Waals surface area contributed by atoms with Gasteiger partial charge in [-0.2, -0.15) is 0 Å². The molecule has 0 radical (unpaired) electrons. The summed E-state index contributed by atoms with van der Waals surface area (Å²) in [4.78, 5) is 12.9. The van der Waals surface area contributed by atoms with Crippen molar-refractivity contribution in [1.29, 1.82) is 0 Å².